The van der Waals surface area contributed by atoms with E-state index in [0.717, 1.165) is 18.6 Å². The van der Waals surface area contributed by atoms with Crippen LogP contribution in [-0.4, -0.2) is 44.2 Å². The van der Waals surface area contributed by atoms with Crippen molar-refractivity contribution in [2.45, 2.75) is 31.6 Å². The first-order valence-corrected chi connectivity index (χ1v) is 6.26. The van der Waals surface area contributed by atoms with Crippen LogP contribution in [0.25, 0.3) is 0 Å². The Labute approximate surface area is 81.5 Å². The van der Waals surface area contributed by atoms with Crippen molar-refractivity contribution in [3.05, 3.63) is 0 Å². The molecule has 3 nitrogen and oxygen atoms in total. The maximum Gasteiger partial charge on any atom is 0.193 e. The minimum absolute atomic E-state index is 0.624. The molecule has 0 spiro atoms. The lowest BCUT2D eigenvalue weighted by atomic mass is 10.4. The third kappa shape index (κ3) is 7.12. The van der Waals surface area contributed by atoms with E-state index in [4.69, 9.17) is 14.6 Å². The Morgan fingerprint density at radius 2 is 2.08 bits per heavy atom. The lowest BCUT2D eigenvalue weighted by molar-refractivity contribution is 0.0696. The minimum atomic E-state index is -0.959. The first kappa shape index (κ1) is 12.4. The van der Waals surface area contributed by atoms with Gasteiger partial charge in [-0.3, -0.25) is 0 Å². The van der Waals surface area contributed by atoms with Crippen molar-refractivity contribution >= 4 is 22.4 Å². The van der Waals surface area contributed by atoms with Crippen LogP contribution in [0.1, 0.15) is 19.8 Å². The summed E-state index contributed by atoms with van der Waals surface area (Å²) in [6.07, 6.45) is 1.38. The van der Waals surface area contributed by atoms with Crippen molar-refractivity contribution < 1.29 is 14.6 Å². The Morgan fingerprint density at radius 3 is 2.58 bits per heavy atom. The molecule has 0 radical (unpaired) electrons. The van der Waals surface area contributed by atoms with E-state index in [0.29, 0.717) is 6.61 Å². The lowest BCUT2D eigenvalue weighted by Gasteiger charge is -2.12. The van der Waals surface area contributed by atoms with Gasteiger partial charge in [0.25, 0.3) is 0 Å². The van der Waals surface area contributed by atoms with E-state index >= 15 is 0 Å². The van der Waals surface area contributed by atoms with Gasteiger partial charge in [-0.2, -0.15) is 12.6 Å². The number of hydrogen-bond acceptors (Lipinski definition) is 4. The highest BCUT2D eigenvalue weighted by molar-refractivity contribution is 7.80. The van der Waals surface area contributed by atoms with Crippen molar-refractivity contribution in [2.75, 3.05) is 12.4 Å². The zero-order chi connectivity index (χ0) is 9.40. The zero-order valence-electron chi connectivity index (χ0n) is 7.44. The van der Waals surface area contributed by atoms with Crippen LogP contribution in [0, 0.1) is 0 Å². The monoisotopic (exact) mass is 210 g/mol. The summed E-state index contributed by atoms with van der Waals surface area (Å²) in [5.41, 5.74) is -0.624. The molecule has 0 aliphatic carbocycles. The lowest BCUT2D eigenvalue weighted by Crippen LogP contribution is -2.30. The molecule has 0 aromatic rings. The fourth-order valence-corrected chi connectivity index (χ4v) is 1.77. The van der Waals surface area contributed by atoms with Gasteiger partial charge < -0.3 is 14.6 Å². The Balaban J connectivity index is 3.08. The molecule has 0 fully saturated rings. The predicted molar refractivity (Wildman–Crippen MR) is 55.3 cm³/mol. The Hall–Kier alpha value is 0.447. The summed E-state index contributed by atoms with van der Waals surface area (Å²) in [6.45, 7) is 2.27. The maximum absolute atomic E-state index is 9.15. The molecule has 2 unspecified atom stereocenters. The predicted octanol–water partition coefficient (Wildman–Crippen LogP) is -0.504. The molecule has 0 rings (SSSR count). The highest BCUT2D eigenvalue weighted by atomic mass is 32.1. The van der Waals surface area contributed by atoms with E-state index in [9.17, 15) is 0 Å². The summed E-state index contributed by atoms with van der Waals surface area (Å²) < 4.78 is 5.25. The third-order valence-electron chi connectivity index (χ3n) is 1.54. The number of aliphatic hydroxyl groups excluding tert-OH is 2. The Bertz CT molecular complexity index is 103. The molecule has 0 amide bonds. The second kappa shape index (κ2) is 8.06. The van der Waals surface area contributed by atoms with Gasteiger partial charge in [0.2, 0.25) is 0 Å². The smallest absolute Gasteiger partial charge is 0.193 e. The summed E-state index contributed by atoms with van der Waals surface area (Å²) in [7, 11) is -0.959. The average molecular weight is 210 g/mol. The molecule has 5 heteroatoms. The van der Waals surface area contributed by atoms with E-state index in [2.05, 4.69) is 12.6 Å². The first-order valence-electron chi connectivity index (χ1n) is 4.23. The molecule has 12 heavy (non-hydrogen) atoms. The molecule has 0 aromatic heterocycles. The van der Waals surface area contributed by atoms with E-state index in [1.54, 1.807) is 6.92 Å². The summed E-state index contributed by atoms with van der Waals surface area (Å²) in [4.78, 5) is 0. The number of rotatable bonds is 7. The third-order valence-corrected chi connectivity index (χ3v) is 3.41. The van der Waals surface area contributed by atoms with Crippen molar-refractivity contribution in [2.24, 2.45) is 0 Å². The summed E-state index contributed by atoms with van der Waals surface area (Å²) >= 11 is 4.06. The number of thiol groups is 1. The molecular formula is C7H18O3SSi. The second-order valence-electron chi connectivity index (χ2n) is 2.81. The van der Waals surface area contributed by atoms with Gasteiger partial charge in [-0.05, 0) is 25.5 Å². The van der Waals surface area contributed by atoms with Crippen molar-refractivity contribution in [1.82, 2.24) is 0 Å². The van der Waals surface area contributed by atoms with E-state index in [1.165, 1.54) is 0 Å². The van der Waals surface area contributed by atoms with Gasteiger partial charge >= 0.3 is 0 Å². The summed E-state index contributed by atoms with van der Waals surface area (Å²) in [5.74, 6) is 0.879. The van der Waals surface area contributed by atoms with Crippen LogP contribution in [0.4, 0.5) is 0 Å². The van der Waals surface area contributed by atoms with Gasteiger partial charge in [0, 0.05) is 6.61 Å². The van der Waals surface area contributed by atoms with Crippen LogP contribution in [-0.2, 0) is 4.43 Å². The van der Waals surface area contributed by atoms with Crippen LogP contribution >= 0.6 is 12.6 Å². The number of aliphatic hydroxyl groups is 2. The van der Waals surface area contributed by atoms with E-state index in [1.807, 2.05) is 0 Å². The van der Waals surface area contributed by atoms with Gasteiger partial charge in [-0.15, -0.1) is 0 Å². The minimum Gasteiger partial charge on any atom is -0.421 e. The van der Waals surface area contributed by atoms with E-state index < -0.39 is 21.6 Å². The van der Waals surface area contributed by atoms with Gasteiger partial charge in [0.15, 0.2) is 9.76 Å². The van der Waals surface area contributed by atoms with Gasteiger partial charge in [-0.1, -0.05) is 0 Å². The van der Waals surface area contributed by atoms with Crippen LogP contribution in [0.2, 0.25) is 0 Å². The van der Waals surface area contributed by atoms with E-state index in [-0.39, 0.29) is 0 Å². The maximum atomic E-state index is 9.15. The average Bonchev–Trinajstić information content (AvgIpc) is 2.03. The van der Waals surface area contributed by atoms with Crippen LogP contribution in [0.3, 0.4) is 0 Å². The SMILES string of the molecule is CC(O)C(O)[SiH2]OCCCCS. The fraction of sp³-hybridized carbons (Fsp3) is 1.00. The molecule has 2 atom stereocenters. The molecule has 0 saturated carbocycles. The first-order chi connectivity index (χ1) is 5.68. The van der Waals surface area contributed by atoms with Crippen LogP contribution in [0.5, 0.6) is 0 Å². The van der Waals surface area contributed by atoms with Gasteiger partial charge in [0.1, 0.15) is 0 Å². The zero-order valence-corrected chi connectivity index (χ0v) is 9.75. The van der Waals surface area contributed by atoms with Crippen molar-refractivity contribution in [3.8, 4) is 0 Å². The molecular weight excluding hydrogens is 192 g/mol. The van der Waals surface area contributed by atoms with Crippen molar-refractivity contribution in [1.29, 1.82) is 0 Å². The molecule has 0 aromatic carbocycles. The summed E-state index contributed by atoms with van der Waals surface area (Å²) in [6, 6.07) is 0. The van der Waals surface area contributed by atoms with Gasteiger partial charge in [-0.25, -0.2) is 0 Å². The normalized spacial score (nSPS) is 17.0. The van der Waals surface area contributed by atoms with Crippen molar-refractivity contribution in [3.63, 3.8) is 0 Å². The highest BCUT2D eigenvalue weighted by Gasteiger charge is 2.10. The van der Waals surface area contributed by atoms with Crippen LogP contribution in [0.15, 0.2) is 0 Å². The standard InChI is InChI=1S/C7H18O3SSi/c1-6(8)7(9)12-10-4-2-3-5-11/h6-9,11H,2-5,12H2,1H3. The number of unbranched alkanes of at least 4 members (excludes halogenated alkanes) is 1. The number of hydrogen-bond donors (Lipinski definition) is 3. The summed E-state index contributed by atoms with van der Waals surface area (Å²) in [5, 5.41) is 18.1. The largest absolute Gasteiger partial charge is 0.421 e. The Morgan fingerprint density at radius 1 is 1.42 bits per heavy atom. The topological polar surface area (TPSA) is 49.7 Å². The molecule has 74 valence electrons. The molecule has 0 heterocycles. The Kier molecular flexibility index (Phi) is 8.36. The highest BCUT2D eigenvalue weighted by Crippen LogP contribution is 1.94. The second-order valence-corrected chi connectivity index (χ2v) is 4.84. The molecule has 0 bridgehead atoms. The van der Waals surface area contributed by atoms with Gasteiger partial charge in [0.05, 0.1) is 11.8 Å². The molecule has 0 aliphatic heterocycles. The molecule has 2 N–H and O–H groups in total. The van der Waals surface area contributed by atoms with Crippen LogP contribution < -0.4 is 0 Å². The molecule has 0 saturated heterocycles. The molecule has 0 aliphatic rings. The quantitative estimate of drug-likeness (QED) is 0.301. The fourth-order valence-electron chi connectivity index (χ4n) is 0.659.